The van der Waals surface area contributed by atoms with Crippen LogP contribution in [0, 0.1) is 0 Å². The highest BCUT2D eigenvalue weighted by Gasteiger charge is 2.25. The van der Waals surface area contributed by atoms with E-state index in [-0.39, 0.29) is 36.8 Å². The highest BCUT2D eigenvalue weighted by atomic mass is 35.5. The van der Waals surface area contributed by atoms with Crippen LogP contribution < -0.4 is 10.1 Å². The molecule has 1 aromatic heterocycles. The maximum Gasteiger partial charge on any atom is 0.308 e. The van der Waals surface area contributed by atoms with Gasteiger partial charge in [-0.3, -0.25) is 9.69 Å². The zero-order valence-corrected chi connectivity index (χ0v) is 15.9. The van der Waals surface area contributed by atoms with E-state index in [0.717, 1.165) is 26.2 Å². The number of rotatable bonds is 4. The van der Waals surface area contributed by atoms with Gasteiger partial charge in [-0.1, -0.05) is 18.2 Å². The van der Waals surface area contributed by atoms with Gasteiger partial charge in [0.15, 0.2) is 0 Å². The molecule has 0 spiro atoms. The van der Waals surface area contributed by atoms with Crippen LogP contribution in [0.4, 0.5) is 0 Å². The lowest BCUT2D eigenvalue weighted by molar-refractivity contribution is -0.131. The Labute approximate surface area is 159 Å². The Hall–Kier alpha value is -1.11. The number of nitrogens with one attached hydrogen (secondary N) is 1. The minimum Gasteiger partial charge on any atom is -0.427 e. The van der Waals surface area contributed by atoms with Gasteiger partial charge in [0.25, 0.3) is 0 Å². The smallest absolute Gasteiger partial charge is 0.308 e. The summed E-state index contributed by atoms with van der Waals surface area (Å²) in [5, 5.41) is 5.51. The van der Waals surface area contributed by atoms with E-state index in [0.29, 0.717) is 5.75 Å². The molecule has 1 N–H and O–H groups in total. The molecule has 2 aromatic rings. The molecule has 132 valence electrons. The first-order chi connectivity index (χ1) is 10.7. The lowest BCUT2D eigenvalue weighted by Crippen LogP contribution is -2.45. The van der Waals surface area contributed by atoms with Crippen LogP contribution in [0.25, 0.3) is 0 Å². The normalized spacial score (nSPS) is 15.7. The van der Waals surface area contributed by atoms with E-state index in [1.807, 2.05) is 18.2 Å². The van der Waals surface area contributed by atoms with Crippen LogP contribution in [0.2, 0.25) is 0 Å². The largest absolute Gasteiger partial charge is 0.427 e. The first kappa shape index (κ1) is 20.9. The second-order valence-electron chi connectivity index (χ2n) is 5.37. The van der Waals surface area contributed by atoms with Gasteiger partial charge in [0.1, 0.15) is 5.75 Å². The second kappa shape index (κ2) is 10.0. The molecular formula is C17H22Cl2N2O2S. The van der Waals surface area contributed by atoms with E-state index in [9.17, 15) is 4.79 Å². The summed E-state index contributed by atoms with van der Waals surface area (Å²) in [4.78, 5) is 15.0. The highest BCUT2D eigenvalue weighted by Crippen LogP contribution is 2.33. The average Bonchev–Trinajstić information content (AvgIpc) is 3.02. The fraction of sp³-hybridized carbons (Fsp3) is 0.353. The van der Waals surface area contributed by atoms with Crippen LogP contribution in [0.5, 0.6) is 5.75 Å². The number of esters is 1. The number of ether oxygens (including phenoxy) is 1. The number of carbonyl (C=O) groups excluding carboxylic acids is 1. The molecule has 0 radical (unpaired) electrons. The van der Waals surface area contributed by atoms with Gasteiger partial charge >= 0.3 is 5.97 Å². The van der Waals surface area contributed by atoms with Gasteiger partial charge in [0.2, 0.25) is 0 Å². The molecule has 1 aliphatic heterocycles. The quantitative estimate of drug-likeness (QED) is 0.642. The third-order valence-corrected chi connectivity index (χ3v) is 4.69. The molecule has 4 nitrogen and oxygen atoms in total. The van der Waals surface area contributed by atoms with Crippen LogP contribution >= 0.6 is 36.2 Å². The van der Waals surface area contributed by atoms with E-state index in [1.54, 1.807) is 11.3 Å². The SMILES string of the molecule is CC(=O)Oc1cccc([C@H](c2cccs2)N2CCNCC2)c1.Cl.Cl. The number of hydrogen-bond acceptors (Lipinski definition) is 5. The monoisotopic (exact) mass is 388 g/mol. The van der Waals surface area contributed by atoms with Crippen molar-refractivity contribution in [2.75, 3.05) is 26.2 Å². The summed E-state index contributed by atoms with van der Waals surface area (Å²) in [6.45, 7) is 5.47. The summed E-state index contributed by atoms with van der Waals surface area (Å²) in [7, 11) is 0. The highest BCUT2D eigenvalue weighted by molar-refractivity contribution is 7.10. The predicted octanol–water partition coefficient (Wildman–Crippen LogP) is 3.51. The molecule has 1 atom stereocenters. The third kappa shape index (κ3) is 5.19. The van der Waals surface area contributed by atoms with Gasteiger partial charge in [-0.2, -0.15) is 0 Å². The number of piperazine rings is 1. The lowest BCUT2D eigenvalue weighted by atomic mass is 10.0. The summed E-state index contributed by atoms with van der Waals surface area (Å²) in [5.41, 5.74) is 1.17. The van der Waals surface area contributed by atoms with E-state index < -0.39 is 0 Å². The molecular weight excluding hydrogens is 367 g/mol. The Balaban J connectivity index is 0.00000144. The molecule has 24 heavy (non-hydrogen) atoms. The van der Waals surface area contributed by atoms with Crippen LogP contribution in [-0.4, -0.2) is 37.0 Å². The van der Waals surface area contributed by atoms with Gasteiger partial charge in [0, 0.05) is 38.0 Å². The fourth-order valence-corrected chi connectivity index (χ4v) is 3.74. The lowest BCUT2D eigenvalue weighted by Gasteiger charge is -2.34. The topological polar surface area (TPSA) is 41.6 Å². The molecule has 0 bridgehead atoms. The maximum absolute atomic E-state index is 11.2. The average molecular weight is 389 g/mol. The molecule has 2 heterocycles. The molecule has 0 saturated carbocycles. The standard InChI is InChI=1S/C17H20N2O2S.2ClH/c1-13(20)21-15-5-2-4-14(12-15)17(16-6-3-11-22-16)19-9-7-18-8-10-19;;/h2-6,11-12,17-18H,7-10H2,1H3;2*1H/t17-;;/m1../s1. The zero-order valence-electron chi connectivity index (χ0n) is 13.4. The van der Waals surface area contributed by atoms with Gasteiger partial charge < -0.3 is 10.1 Å². The minimum absolute atomic E-state index is 0. The summed E-state index contributed by atoms with van der Waals surface area (Å²) in [6, 6.07) is 12.4. The maximum atomic E-state index is 11.2. The van der Waals surface area contributed by atoms with Crippen LogP contribution in [0.15, 0.2) is 41.8 Å². The molecule has 0 aliphatic carbocycles. The number of benzene rings is 1. The molecule has 1 aromatic carbocycles. The number of thiophene rings is 1. The van der Waals surface area contributed by atoms with Crippen molar-refractivity contribution in [1.29, 1.82) is 0 Å². The summed E-state index contributed by atoms with van der Waals surface area (Å²) in [6.07, 6.45) is 0. The van der Waals surface area contributed by atoms with Crippen molar-refractivity contribution in [1.82, 2.24) is 10.2 Å². The Morgan fingerprint density at radius 2 is 1.96 bits per heavy atom. The van der Waals surface area contributed by atoms with E-state index in [2.05, 4.69) is 33.8 Å². The van der Waals surface area contributed by atoms with E-state index >= 15 is 0 Å². The van der Waals surface area contributed by atoms with E-state index in [1.165, 1.54) is 17.4 Å². The van der Waals surface area contributed by atoms with Crippen molar-refractivity contribution in [3.8, 4) is 5.75 Å². The van der Waals surface area contributed by atoms with Crippen molar-refractivity contribution in [3.63, 3.8) is 0 Å². The summed E-state index contributed by atoms with van der Waals surface area (Å²) < 4.78 is 5.24. The molecule has 3 rings (SSSR count). The molecule has 1 aliphatic rings. The van der Waals surface area contributed by atoms with E-state index in [4.69, 9.17) is 4.74 Å². The van der Waals surface area contributed by atoms with Gasteiger partial charge in [-0.05, 0) is 29.1 Å². The Kier molecular flexibility index (Phi) is 8.73. The molecule has 7 heteroatoms. The van der Waals surface area contributed by atoms with Crippen molar-refractivity contribution in [3.05, 3.63) is 52.2 Å². The molecule has 1 fully saturated rings. The number of hydrogen-bond donors (Lipinski definition) is 1. The Morgan fingerprint density at radius 1 is 1.21 bits per heavy atom. The predicted molar refractivity (Wildman–Crippen MR) is 103 cm³/mol. The Morgan fingerprint density at radius 3 is 2.58 bits per heavy atom. The molecule has 0 amide bonds. The fourth-order valence-electron chi connectivity index (χ4n) is 2.86. The van der Waals surface area contributed by atoms with Gasteiger partial charge in [-0.25, -0.2) is 0 Å². The van der Waals surface area contributed by atoms with Crippen LogP contribution in [0.3, 0.4) is 0 Å². The third-order valence-electron chi connectivity index (χ3n) is 3.76. The van der Waals surface area contributed by atoms with Crippen LogP contribution in [-0.2, 0) is 4.79 Å². The molecule has 0 unspecified atom stereocenters. The van der Waals surface area contributed by atoms with Crippen molar-refractivity contribution in [2.24, 2.45) is 0 Å². The van der Waals surface area contributed by atoms with Crippen molar-refractivity contribution >= 4 is 42.1 Å². The van der Waals surface area contributed by atoms with Gasteiger partial charge in [-0.15, -0.1) is 36.2 Å². The minimum atomic E-state index is -0.285. The first-order valence-corrected chi connectivity index (χ1v) is 8.38. The summed E-state index contributed by atoms with van der Waals surface area (Å²) in [5.74, 6) is 0.327. The van der Waals surface area contributed by atoms with Crippen LogP contribution in [0.1, 0.15) is 23.4 Å². The Bertz CT molecular complexity index is 631. The van der Waals surface area contributed by atoms with Crippen molar-refractivity contribution < 1.29 is 9.53 Å². The first-order valence-electron chi connectivity index (χ1n) is 7.50. The summed E-state index contributed by atoms with van der Waals surface area (Å²) >= 11 is 1.77. The molecule has 1 saturated heterocycles. The van der Waals surface area contributed by atoms with Crippen molar-refractivity contribution in [2.45, 2.75) is 13.0 Å². The second-order valence-corrected chi connectivity index (χ2v) is 6.35. The number of halogens is 2. The number of carbonyl (C=O) groups is 1. The van der Waals surface area contributed by atoms with Gasteiger partial charge in [0.05, 0.1) is 6.04 Å². The number of nitrogens with zero attached hydrogens (tertiary/aromatic N) is 1. The zero-order chi connectivity index (χ0) is 15.4.